The van der Waals surface area contributed by atoms with Crippen LogP contribution in [0.25, 0.3) is 0 Å². The quantitative estimate of drug-likeness (QED) is 0.0615. The second kappa shape index (κ2) is 29.7. The Hall–Kier alpha value is -1.39. The van der Waals surface area contributed by atoms with Crippen LogP contribution < -0.4 is 0 Å². The summed E-state index contributed by atoms with van der Waals surface area (Å²) in [6, 6.07) is 0. The molecule has 250 valence electrons. The molecule has 0 aromatic carbocycles. The van der Waals surface area contributed by atoms with Crippen molar-refractivity contribution in [2.45, 2.75) is 82.8 Å². The van der Waals surface area contributed by atoms with Gasteiger partial charge in [-0.25, -0.2) is 0 Å². The Morgan fingerprint density at radius 2 is 0.881 bits per heavy atom. The lowest BCUT2D eigenvalue weighted by molar-refractivity contribution is -0.148. The summed E-state index contributed by atoms with van der Waals surface area (Å²) in [5.41, 5.74) is 0. The van der Waals surface area contributed by atoms with Gasteiger partial charge in [0.15, 0.2) is 5.25 Å². The molecule has 0 bridgehead atoms. The minimum Gasteiger partial charge on any atom is -0.481 e. The molecule has 0 radical (unpaired) electrons. The molecule has 0 spiro atoms. The number of rotatable bonds is 33. The predicted molar refractivity (Wildman–Crippen MR) is 155 cm³/mol. The third-order valence-corrected chi connectivity index (χ3v) is 7.03. The third kappa shape index (κ3) is 28.7. The Kier molecular flexibility index (Phi) is 28.7. The van der Waals surface area contributed by atoms with E-state index in [1.807, 2.05) is 0 Å². The van der Waals surface area contributed by atoms with Gasteiger partial charge in [-0.05, 0) is 6.42 Å². The molecule has 0 saturated carbocycles. The Labute approximate surface area is 251 Å². The lowest BCUT2D eigenvalue weighted by Crippen LogP contribution is -2.34. The molecule has 42 heavy (non-hydrogen) atoms. The van der Waals surface area contributed by atoms with E-state index in [-0.39, 0.29) is 26.4 Å². The molecule has 0 amide bonds. The van der Waals surface area contributed by atoms with Crippen molar-refractivity contribution in [1.29, 1.82) is 0 Å². The van der Waals surface area contributed by atoms with Gasteiger partial charge in [0.1, 0.15) is 6.61 Å². The molecule has 1 atom stereocenters. The van der Waals surface area contributed by atoms with Gasteiger partial charge in [-0.15, -0.1) is 0 Å². The molecule has 0 rings (SSSR count). The summed E-state index contributed by atoms with van der Waals surface area (Å²) in [7, 11) is -4.89. The highest BCUT2D eigenvalue weighted by atomic mass is 32.2. The average molecular weight is 631 g/mol. The zero-order valence-electron chi connectivity index (χ0n) is 25.3. The van der Waals surface area contributed by atoms with Crippen LogP contribution in [0.3, 0.4) is 0 Å². The standard InChI is InChI=1S/C28H54O13S/c1-2-3-4-5-6-7-8-9-10-11-12-35-13-14-36-15-16-37-17-18-38-19-20-39-21-22-40-23-24-41-28(31)26(25-27(29)30)42(32,33)34/h26H,2-25H2,1H3,(H,29,30)(H,32,33,34). The van der Waals surface area contributed by atoms with Gasteiger partial charge in [-0.2, -0.15) is 8.42 Å². The number of hydrogen-bond donors (Lipinski definition) is 2. The van der Waals surface area contributed by atoms with E-state index in [4.69, 9.17) is 38.1 Å². The van der Waals surface area contributed by atoms with Crippen molar-refractivity contribution < 1.29 is 60.8 Å². The highest BCUT2D eigenvalue weighted by molar-refractivity contribution is 7.87. The summed E-state index contributed by atoms with van der Waals surface area (Å²) in [6.45, 7) is 6.93. The first kappa shape index (κ1) is 40.6. The van der Waals surface area contributed by atoms with E-state index in [1.54, 1.807) is 0 Å². The molecule has 2 N–H and O–H groups in total. The fourth-order valence-corrected chi connectivity index (χ4v) is 4.32. The van der Waals surface area contributed by atoms with Gasteiger partial charge in [0.2, 0.25) is 0 Å². The summed E-state index contributed by atoms with van der Waals surface area (Å²) >= 11 is 0. The second-order valence-electron chi connectivity index (χ2n) is 9.63. The minimum atomic E-state index is -4.89. The number of carboxylic acid groups (broad SMARTS) is 1. The molecular formula is C28H54O13S. The van der Waals surface area contributed by atoms with Gasteiger partial charge in [-0.1, -0.05) is 64.7 Å². The van der Waals surface area contributed by atoms with E-state index in [1.165, 1.54) is 57.8 Å². The van der Waals surface area contributed by atoms with Crippen molar-refractivity contribution in [3.8, 4) is 0 Å². The number of carbonyl (C=O) groups excluding carboxylic acids is 1. The van der Waals surface area contributed by atoms with Crippen LogP contribution in [0.5, 0.6) is 0 Å². The van der Waals surface area contributed by atoms with E-state index in [0.717, 1.165) is 13.0 Å². The molecule has 0 aliphatic carbocycles. The van der Waals surface area contributed by atoms with Crippen LogP contribution in [0.1, 0.15) is 77.6 Å². The molecule has 0 aliphatic heterocycles. The predicted octanol–water partition coefficient (Wildman–Crippen LogP) is 3.28. The maximum atomic E-state index is 11.6. The molecule has 13 nitrogen and oxygen atoms in total. The molecule has 0 aromatic rings. The van der Waals surface area contributed by atoms with E-state index < -0.39 is 33.7 Å². The van der Waals surface area contributed by atoms with Gasteiger partial charge in [-0.3, -0.25) is 14.1 Å². The number of hydrogen-bond acceptors (Lipinski definition) is 11. The number of aliphatic carboxylic acids is 1. The highest BCUT2D eigenvalue weighted by Gasteiger charge is 2.34. The SMILES string of the molecule is CCCCCCCCCCCCOCCOCCOCCOCCOCCOCCOC(=O)C(CC(=O)O)S(=O)(=O)O. The van der Waals surface area contributed by atoms with Crippen molar-refractivity contribution in [3.05, 3.63) is 0 Å². The first-order valence-electron chi connectivity index (χ1n) is 15.1. The van der Waals surface area contributed by atoms with E-state index >= 15 is 0 Å². The summed E-state index contributed by atoms with van der Waals surface area (Å²) in [4.78, 5) is 22.3. The molecule has 14 heteroatoms. The third-order valence-electron chi connectivity index (χ3n) is 5.96. The molecule has 0 saturated heterocycles. The van der Waals surface area contributed by atoms with Crippen molar-refractivity contribution in [3.63, 3.8) is 0 Å². The lowest BCUT2D eigenvalue weighted by Gasteiger charge is -2.11. The number of unbranched alkanes of at least 4 members (excludes halogenated alkanes) is 9. The van der Waals surface area contributed by atoms with Crippen LogP contribution in [-0.4, -0.2) is 121 Å². The molecular weight excluding hydrogens is 576 g/mol. The summed E-state index contributed by atoms with van der Waals surface area (Å²) in [5, 5.41) is 6.46. The van der Waals surface area contributed by atoms with Crippen LogP contribution in [0.15, 0.2) is 0 Å². The minimum absolute atomic E-state index is 0.0512. The molecule has 0 aromatic heterocycles. The first-order valence-corrected chi connectivity index (χ1v) is 16.6. The van der Waals surface area contributed by atoms with Crippen molar-refractivity contribution in [2.24, 2.45) is 0 Å². The van der Waals surface area contributed by atoms with Crippen LogP contribution in [-0.2, 0) is 52.9 Å². The van der Waals surface area contributed by atoms with Crippen LogP contribution in [0.2, 0.25) is 0 Å². The average Bonchev–Trinajstić information content (AvgIpc) is 2.94. The zero-order chi connectivity index (χ0) is 31.2. The van der Waals surface area contributed by atoms with Crippen LogP contribution in [0, 0.1) is 0 Å². The fraction of sp³-hybridized carbons (Fsp3) is 0.929. The first-order chi connectivity index (χ1) is 20.3. The number of carboxylic acids is 1. The van der Waals surface area contributed by atoms with E-state index in [9.17, 15) is 18.0 Å². The van der Waals surface area contributed by atoms with E-state index in [2.05, 4.69) is 11.7 Å². The van der Waals surface area contributed by atoms with E-state index in [0.29, 0.717) is 52.9 Å². The normalized spacial score (nSPS) is 12.4. The topological polar surface area (TPSA) is 173 Å². The van der Waals surface area contributed by atoms with Gasteiger partial charge in [0, 0.05) is 6.61 Å². The highest BCUT2D eigenvalue weighted by Crippen LogP contribution is 2.10. The lowest BCUT2D eigenvalue weighted by atomic mass is 10.1. The zero-order valence-corrected chi connectivity index (χ0v) is 26.2. The second-order valence-corrected chi connectivity index (χ2v) is 11.2. The molecule has 0 aliphatic rings. The number of carbonyl (C=O) groups is 2. The fourth-order valence-electron chi connectivity index (χ4n) is 3.66. The Balaban J connectivity index is 3.28. The smallest absolute Gasteiger partial charge is 0.327 e. The summed E-state index contributed by atoms with van der Waals surface area (Å²) < 4.78 is 68.2. The molecule has 1 unspecified atom stereocenters. The molecule has 0 heterocycles. The van der Waals surface area contributed by atoms with Crippen molar-refractivity contribution in [1.82, 2.24) is 0 Å². The number of ether oxygens (including phenoxy) is 7. The molecule has 0 fully saturated rings. The van der Waals surface area contributed by atoms with Crippen LogP contribution in [0.4, 0.5) is 0 Å². The van der Waals surface area contributed by atoms with Gasteiger partial charge >= 0.3 is 11.9 Å². The Bertz CT molecular complexity index is 733. The Morgan fingerprint density at radius 3 is 1.24 bits per heavy atom. The largest absolute Gasteiger partial charge is 0.481 e. The van der Waals surface area contributed by atoms with Gasteiger partial charge < -0.3 is 38.3 Å². The van der Waals surface area contributed by atoms with Gasteiger partial charge in [0.05, 0.1) is 79.1 Å². The van der Waals surface area contributed by atoms with Gasteiger partial charge in [0.25, 0.3) is 10.1 Å². The van der Waals surface area contributed by atoms with Crippen molar-refractivity contribution in [2.75, 3.05) is 85.9 Å². The van der Waals surface area contributed by atoms with Crippen LogP contribution >= 0.6 is 0 Å². The maximum Gasteiger partial charge on any atom is 0.327 e. The summed E-state index contributed by atoms with van der Waals surface area (Å²) in [6.07, 6.45) is 12.1. The van der Waals surface area contributed by atoms with Crippen molar-refractivity contribution >= 4 is 22.1 Å². The maximum absolute atomic E-state index is 11.6. The Morgan fingerprint density at radius 1 is 0.548 bits per heavy atom. The number of esters is 1. The monoisotopic (exact) mass is 630 g/mol. The summed E-state index contributed by atoms with van der Waals surface area (Å²) in [5.74, 6) is -2.91.